The van der Waals surface area contributed by atoms with Crippen LogP contribution in [0.5, 0.6) is 0 Å². The minimum atomic E-state index is -0.254. The fraction of sp³-hybridized carbons (Fsp3) is 0.0976. The van der Waals surface area contributed by atoms with Crippen LogP contribution in [0.2, 0.25) is 0 Å². The molecule has 10 rings (SSSR count). The van der Waals surface area contributed by atoms with Crippen LogP contribution in [0.15, 0.2) is 131 Å². The van der Waals surface area contributed by atoms with E-state index in [1.165, 1.54) is 47.5 Å². The summed E-state index contributed by atoms with van der Waals surface area (Å²) in [7, 11) is 0. The first kappa shape index (κ1) is 26.0. The van der Waals surface area contributed by atoms with Crippen molar-refractivity contribution in [3.8, 4) is 0 Å². The predicted octanol–water partition coefficient (Wildman–Crippen LogP) is 10.4. The van der Waals surface area contributed by atoms with Gasteiger partial charge >= 0.3 is 0 Å². The maximum Gasteiger partial charge on any atom is 0.143 e. The van der Waals surface area contributed by atoms with Crippen molar-refractivity contribution in [1.29, 1.82) is 0 Å². The molecule has 4 nitrogen and oxygen atoms in total. The molecule has 0 saturated carbocycles. The van der Waals surface area contributed by atoms with Gasteiger partial charge in [-0.05, 0) is 70.6 Å². The van der Waals surface area contributed by atoms with Crippen LogP contribution in [-0.2, 0) is 6.42 Å². The van der Waals surface area contributed by atoms with E-state index in [4.69, 9.17) is 9.41 Å². The second-order valence-electron chi connectivity index (χ2n) is 12.3. The van der Waals surface area contributed by atoms with E-state index in [9.17, 15) is 0 Å². The molecule has 0 fully saturated rings. The van der Waals surface area contributed by atoms with Crippen molar-refractivity contribution in [2.75, 3.05) is 0 Å². The molecule has 0 bridgehead atoms. The smallest absolute Gasteiger partial charge is 0.143 e. The number of allylic oxidation sites excluding steroid dienone is 1. The van der Waals surface area contributed by atoms with Gasteiger partial charge in [0.1, 0.15) is 29.3 Å². The Kier molecular flexibility index (Phi) is 5.74. The Morgan fingerprint density at radius 1 is 0.761 bits per heavy atom. The molecule has 46 heavy (non-hydrogen) atoms. The normalized spacial score (nSPS) is 18.0. The molecule has 0 spiro atoms. The first-order valence-corrected chi connectivity index (χ1v) is 16.7. The Morgan fingerprint density at radius 3 is 2.57 bits per heavy atom. The van der Waals surface area contributed by atoms with Gasteiger partial charge in [0.15, 0.2) is 0 Å². The number of furan rings is 1. The molecule has 2 N–H and O–H groups in total. The van der Waals surface area contributed by atoms with Crippen LogP contribution >= 0.6 is 11.3 Å². The zero-order valence-electron chi connectivity index (χ0n) is 25.0. The zero-order valence-corrected chi connectivity index (χ0v) is 25.8. The molecule has 8 aromatic rings. The maximum absolute atomic E-state index is 6.73. The molecule has 5 heteroatoms. The van der Waals surface area contributed by atoms with Gasteiger partial charge in [0, 0.05) is 42.1 Å². The van der Waals surface area contributed by atoms with Crippen LogP contribution in [0.25, 0.3) is 59.0 Å². The van der Waals surface area contributed by atoms with Crippen molar-refractivity contribution < 1.29 is 4.42 Å². The van der Waals surface area contributed by atoms with Gasteiger partial charge in [0.05, 0.1) is 0 Å². The number of amidine groups is 1. The Hall–Kier alpha value is -5.23. The Morgan fingerprint density at radius 2 is 1.61 bits per heavy atom. The van der Waals surface area contributed by atoms with E-state index < -0.39 is 0 Å². The van der Waals surface area contributed by atoms with Gasteiger partial charge in [-0.25, -0.2) is 4.99 Å². The average Bonchev–Trinajstić information content (AvgIpc) is 3.69. The average molecular weight is 612 g/mol. The quantitative estimate of drug-likeness (QED) is 0.209. The molecule has 0 amide bonds. The number of nitrogens with zero attached hydrogens (tertiary/aromatic N) is 1. The minimum Gasteiger partial charge on any atom is -0.456 e. The molecular formula is C41H29N3OS. The van der Waals surface area contributed by atoms with Crippen LogP contribution in [-0.4, -0.2) is 5.84 Å². The van der Waals surface area contributed by atoms with Crippen LogP contribution in [0.3, 0.4) is 0 Å². The van der Waals surface area contributed by atoms with Crippen molar-refractivity contribution in [1.82, 2.24) is 10.6 Å². The number of fused-ring (bicyclic) bond motifs is 9. The monoisotopic (exact) mass is 611 g/mol. The summed E-state index contributed by atoms with van der Waals surface area (Å²) in [6, 6.07) is 41.4. The molecule has 6 aromatic carbocycles. The van der Waals surface area contributed by atoms with Crippen LogP contribution < -0.4 is 10.6 Å². The predicted molar refractivity (Wildman–Crippen MR) is 193 cm³/mol. The number of hydrogen-bond acceptors (Lipinski definition) is 5. The number of aliphatic imine (C=N–C) groups is 1. The minimum absolute atomic E-state index is 0.244. The van der Waals surface area contributed by atoms with E-state index in [0.717, 1.165) is 51.9 Å². The summed E-state index contributed by atoms with van der Waals surface area (Å²) in [5, 5.41) is 15.0. The summed E-state index contributed by atoms with van der Waals surface area (Å²) < 4.78 is 9.28. The molecule has 0 saturated heterocycles. The van der Waals surface area contributed by atoms with Gasteiger partial charge in [-0.15, -0.1) is 11.3 Å². The molecule has 3 heterocycles. The molecule has 2 atom stereocenters. The summed E-state index contributed by atoms with van der Waals surface area (Å²) in [6.07, 6.45) is 6.11. The third kappa shape index (κ3) is 4.06. The van der Waals surface area contributed by atoms with Gasteiger partial charge in [-0.3, -0.25) is 5.32 Å². The lowest BCUT2D eigenvalue weighted by molar-refractivity contribution is 0.408. The molecule has 1 aliphatic heterocycles. The highest BCUT2D eigenvalue weighted by molar-refractivity contribution is 7.26. The van der Waals surface area contributed by atoms with Crippen molar-refractivity contribution in [3.05, 3.63) is 149 Å². The zero-order chi connectivity index (χ0) is 30.2. The van der Waals surface area contributed by atoms with E-state index in [1.54, 1.807) is 0 Å². The number of thiophene rings is 1. The Labute approximate surface area is 269 Å². The standard InChI is InChI=1S/C41H29N3OS/c1-3-11-26-21-28(19-17-24(26)9-1)39-42-40(29-20-18-25-10-2-4-12-27(25)22-29)44-41(43-39)33-23-32-30-13-6-8-16-35(30)46-38(32)36-31-14-5-7-15-34(31)45-37(33)36/h1-3,5-11,13-23,39,41,43H,4,12H2,(H,42,44). The molecular weight excluding hydrogens is 583 g/mol. The highest BCUT2D eigenvalue weighted by Crippen LogP contribution is 2.45. The lowest BCUT2D eigenvalue weighted by atomic mass is 9.94. The molecule has 2 aromatic heterocycles. The third-order valence-corrected chi connectivity index (χ3v) is 10.8. The lowest BCUT2D eigenvalue weighted by Crippen LogP contribution is -2.45. The number of hydrogen-bond donors (Lipinski definition) is 2. The van der Waals surface area contributed by atoms with Gasteiger partial charge in [-0.2, -0.15) is 0 Å². The molecule has 220 valence electrons. The summed E-state index contributed by atoms with van der Waals surface area (Å²) >= 11 is 1.84. The summed E-state index contributed by atoms with van der Waals surface area (Å²) in [6.45, 7) is 0. The van der Waals surface area contributed by atoms with Crippen molar-refractivity contribution >= 4 is 76.1 Å². The Balaban J connectivity index is 1.19. The number of nitrogens with one attached hydrogen (secondary N) is 2. The van der Waals surface area contributed by atoms with E-state index in [2.05, 4.69) is 138 Å². The molecule has 1 aliphatic carbocycles. The van der Waals surface area contributed by atoms with Crippen LogP contribution in [0, 0.1) is 0 Å². The van der Waals surface area contributed by atoms with E-state index in [1.807, 2.05) is 11.3 Å². The fourth-order valence-electron chi connectivity index (χ4n) is 7.30. The topological polar surface area (TPSA) is 49.6 Å². The van der Waals surface area contributed by atoms with Gasteiger partial charge < -0.3 is 9.73 Å². The Bertz CT molecular complexity index is 2570. The third-order valence-electron chi connectivity index (χ3n) is 9.58. The van der Waals surface area contributed by atoms with Crippen LogP contribution in [0.1, 0.15) is 46.6 Å². The first-order chi connectivity index (χ1) is 22.8. The van der Waals surface area contributed by atoms with Crippen LogP contribution in [0.4, 0.5) is 0 Å². The summed E-state index contributed by atoms with van der Waals surface area (Å²) in [5.41, 5.74) is 7.81. The number of para-hydroxylation sites is 1. The number of aryl methyl sites for hydroxylation is 1. The summed E-state index contributed by atoms with van der Waals surface area (Å²) in [4.78, 5) is 5.33. The van der Waals surface area contributed by atoms with Gasteiger partial charge in [0.2, 0.25) is 0 Å². The molecule has 0 radical (unpaired) electrons. The van der Waals surface area contributed by atoms with Crippen molar-refractivity contribution in [2.45, 2.75) is 25.2 Å². The van der Waals surface area contributed by atoms with E-state index in [-0.39, 0.29) is 12.3 Å². The van der Waals surface area contributed by atoms with Gasteiger partial charge in [-0.1, -0.05) is 97.1 Å². The van der Waals surface area contributed by atoms with Gasteiger partial charge in [0.25, 0.3) is 0 Å². The molecule has 2 unspecified atom stereocenters. The van der Waals surface area contributed by atoms with E-state index >= 15 is 0 Å². The van der Waals surface area contributed by atoms with E-state index in [0.29, 0.717) is 0 Å². The lowest BCUT2D eigenvalue weighted by Gasteiger charge is -2.32. The highest BCUT2D eigenvalue weighted by Gasteiger charge is 2.30. The maximum atomic E-state index is 6.73. The highest BCUT2D eigenvalue weighted by atomic mass is 32.1. The largest absolute Gasteiger partial charge is 0.456 e. The number of benzene rings is 6. The fourth-order valence-corrected chi connectivity index (χ4v) is 8.54. The SMILES string of the molecule is C1=Cc2ccc(C3=NC(c4ccc5ccccc5c4)NC(c4cc5c6ccccc6sc5c5c4oc4ccccc45)N3)cc2CC1. The second kappa shape index (κ2) is 10.1. The van der Waals surface area contributed by atoms with Crippen molar-refractivity contribution in [2.24, 2.45) is 4.99 Å². The molecule has 2 aliphatic rings. The number of rotatable bonds is 3. The van der Waals surface area contributed by atoms with Crippen molar-refractivity contribution in [3.63, 3.8) is 0 Å². The second-order valence-corrected chi connectivity index (χ2v) is 13.4. The summed E-state index contributed by atoms with van der Waals surface area (Å²) in [5.74, 6) is 0.888. The first-order valence-electron chi connectivity index (χ1n) is 15.9.